The predicted octanol–water partition coefficient (Wildman–Crippen LogP) is 3.76. The largest absolute Gasteiger partial charge is 0.416 e. The maximum atomic E-state index is 12.8. The van der Waals surface area contributed by atoms with E-state index in [1.54, 1.807) is 22.7 Å². The number of halogens is 4. The van der Waals surface area contributed by atoms with Gasteiger partial charge in [-0.2, -0.15) is 13.2 Å². The van der Waals surface area contributed by atoms with Gasteiger partial charge in [-0.15, -0.1) is 10.2 Å². The van der Waals surface area contributed by atoms with Crippen molar-refractivity contribution in [3.63, 3.8) is 0 Å². The summed E-state index contributed by atoms with van der Waals surface area (Å²) in [5.74, 6) is 0.259. The molecule has 0 radical (unpaired) electrons. The molecule has 0 amide bonds. The van der Waals surface area contributed by atoms with E-state index < -0.39 is 11.7 Å². The summed E-state index contributed by atoms with van der Waals surface area (Å²) in [6.07, 6.45) is -2.77. The van der Waals surface area contributed by atoms with Gasteiger partial charge in [-0.25, -0.2) is 0 Å². The second-order valence-corrected chi connectivity index (χ2v) is 5.31. The van der Waals surface area contributed by atoms with E-state index in [1.807, 2.05) is 0 Å². The van der Waals surface area contributed by atoms with Crippen molar-refractivity contribution >= 4 is 27.3 Å². The number of anilines is 1. The van der Waals surface area contributed by atoms with Crippen molar-refractivity contribution in [2.75, 3.05) is 5.73 Å². The third kappa shape index (κ3) is 2.46. The average molecular weight is 357 g/mol. The molecule has 108 valence electrons. The zero-order valence-corrected chi connectivity index (χ0v) is 12.0. The molecule has 0 atom stereocenters. The van der Waals surface area contributed by atoms with Gasteiger partial charge in [-0.05, 0) is 46.3 Å². The van der Waals surface area contributed by atoms with Crippen molar-refractivity contribution in [3.8, 4) is 11.4 Å². The maximum Gasteiger partial charge on any atom is 0.416 e. The molecule has 3 aromatic rings. The van der Waals surface area contributed by atoms with Crippen LogP contribution < -0.4 is 5.73 Å². The normalized spacial score (nSPS) is 12.0. The fourth-order valence-electron chi connectivity index (χ4n) is 1.97. The van der Waals surface area contributed by atoms with Gasteiger partial charge >= 0.3 is 6.18 Å². The van der Waals surface area contributed by atoms with Crippen LogP contribution >= 0.6 is 15.9 Å². The molecular weight excluding hydrogens is 349 g/mol. The van der Waals surface area contributed by atoms with Crippen LogP contribution in [0.5, 0.6) is 0 Å². The third-order valence-electron chi connectivity index (χ3n) is 2.99. The van der Waals surface area contributed by atoms with Crippen LogP contribution in [0.15, 0.2) is 41.0 Å². The second-order valence-electron chi connectivity index (χ2n) is 4.40. The maximum absolute atomic E-state index is 12.8. The Labute approximate surface area is 125 Å². The summed E-state index contributed by atoms with van der Waals surface area (Å²) in [7, 11) is 0. The molecule has 0 spiro atoms. The standard InChI is InChI=1S/C13H8BrF3N4/c14-8-2-4-11-19-20-12(21(11)6-8)9-5-7(13(15,16)17)1-3-10(9)18/h1-6H,18H2. The fraction of sp³-hybridized carbons (Fsp3) is 0.0769. The van der Waals surface area contributed by atoms with Crippen molar-refractivity contribution in [2.24, 2.45) is 0 Å². The Hall–Kier alpha value is -2.09. The summed E-state index contributed by atoms with van der Waals surface area (Å²) < 4.78 is 40.8. The van der Waals surface area contributed by atoms with E-state index in [2.05, 4.69) is 26.1 Å². The molecule has 0 aliphatic carbocycles. The number of aromatic nitrogens is 3. The van der Waals surface area contributed by atoms with Crippen LogP contribution in [-0.2, 0) is 6.18 Å². The summed E-state index contributed by atoms with van der Waals surface area (Å²) in [5.41, 5.74) is 5.93. The van der Waals surface area contributed by atoms with E-state index in [9.17, 15) is 13.2 Å². The van der Waals surface area contributed by atoms with E-state index >= 15 is 0 Å². The average Bonchev–Trinajstić information content (AvgIpc) is 2.80. The number of hydrogen-bond acceptors (Lipinski definition) is 3. The minimum Gasteiger partial charge on any atom is -0.398 e. The molecule has 4 nitrogen and oxygen atoms in total. The van der Waals surface area contributed by atoms with E-state index in [-0.39, 0.29) is 17.1 Å². The summed E-state index contributed by atoms with van der Waals surface area (Å²) in [5, 5.41) is 7.86. The Balaban J connectivity index is 2.25. The Bertz CT molecular complexity index is 826. The molecule has 0 saturated carbocycles. The molecule has 0 unspecified atom stereocenters. The lowest BCUT2D eigenvalue weighted by Gasteiger charge is -2.10. The first-order chi connectivity index (χ1) is 9.86. The van der Waals surface area contributed by atoms with Crippen molar-refractivity contribution in [1.29, 1.82) is 0 Å². The summed E-state index contributed by atoms with van der Waals surface area (Å²) in [4.78, 5) is 0. The Kier molecular flexibility index (Phi) is 3.12. The van der Waals surface area contributed by atoms with Crippen LogP contribution in [-0.4, -0.2) is 14.6 Å². The summed E-state index contributed by atoms with van der Waals surface area (Å²) >= 11 is 3.30. The van der Waals surface area contributed by atoms with Crippen LogP contribution in [0, 0.1) is 0 Å². The number of nitrogens with zero attached hydrogens (tertiary/aromatic N) is 3. The molecule has 0 bridgehead atoms. The van der Waals surface area contributed by atoms with Crippen molar-refractivity contribution in [3.05, 3.63) is 46.6 Å². The number of pyridine rings is 1. The lowest BCUT2D eigenvalue weighted by Crippen LogP contribution is -2.06. The molecule has 8 heteroatoms. The molecule has 2 aromatic heterocycles. The van der Waals surface area contributed by atoms with Crippen molar-refractivity contribution < 1.29 is 13.2 Å². The van der Waals surface area contributed by atoms with E-state index in [4.69, 9.17) is 5.73 Å². The fourth-order valence-corrected chi connectivity index (χ4v) is 2.31. The van der Waals surface area contributed by atoms with Gasteiger partial charge in [0.1, 0.15) is 0 Å². The lowest BCUT2D eigenvalue weighted by molar-refractivity contribution is -0.137. The first-order valence-corrected chi connectivity index (χ1v) is 6.63. The lowest BCUT2D eigenvalue weighted by atomic mass is 10.1. The highest BCUT2D eigenvalue weighted by Crippen LogP contribution is 2.34. The van der Waals surface area contributed by atoms with Gasteiger partial charge in [0.25, 0.3) is 0 Å². The number of nitrogens with two attached hydrogens (primary N) is 1. The first kappa shape index (κ1) is 13.9. The van der Waals surface area contributed by atoms with Crippen LogP contribution in [0.4, 0.5) is 18.9 Å². The van der Waals surface area contributed by atoms with Crippen LogP contribution in [0.3, 0.4) is 0 Å². The molecule has 2 heterocycles. The zero-order chi connectivity index (χ0) is 15.2. The smallest absolute Gasteiger partial charge is 0.398 e. The summed E-state index contributed by atoms with van der Waals surface area (Å²) in [6, 6.07) is 6.61. The van der Waals surface area contributed by atoms with Gasteiger partial charge < -0.3 is 5.73 Å². The monoisotopic (exact) mass is 356 g/mol. The minimum absolute atomic E-state index is 0.190. The quantitative estimate of drug-likeness (QED) is 0.675. The van der Waals surface area contributed by atoms with Gasteiger partial charge in [0.05, 0.1) is 5.56 Å². The van der Waals surface area contributed by atoms with Crippen molar-refractivity contribution in [1.82, 2.24) is 14.6 Å². The van der Waals surface area contributed by atoms with Crippen molar-refractivity contribution in [2.45, 2.75) is 6.18 Å². The molecular formula is C13H8BrF3N4. The zero-order valence-electron chi connectivity index (χ0n) is 10.4. The molecule has 0 fully saturated rings. The number of nitrogen functional groups attached to an aromatic ring is 1. The number of hydrogen-bond donors (Lipinski definition) is 1. The van der Waals surface area contributed by atoms with Crippen LogP contribution in [0.2, 0.25) is 0 Å². The van der Waals surface area contributed by atoms with E-state index in [0.717, 1.165) is 16.6 Å². The number of fused-ring (bicyclic) bond motifs is 1. The van der Waals surface area contributed by atoms with Gasteiger partial charge in [0, 0.05) is 21.9 Å². The molecule has 2 N–H and O–H groups in total. The van der Waals surface area contributed by atoms with Gasteiger partial charge in [0.2, 0.25) is 0 Å². The highest BCUT2D eigenvalue weighted by molar-refractivity contribution is 9.10. The van der Waals surface area contributed by atoms with Crippen LogP contribution in [0.25, 0.3) is 17.0 Å². The predicted molar refractivity (Wildman–Crippen MR) is 75.5 cm³/mol. The summed E-state index contributed by atoms with van der Waals surface area (Å²) in [6.45, 7) is 0. The highest BCUT2D eigenvalue weighted by atomic mass is 79.9. The number of alkyl halides is 3. The SMILES string of the molecule is Nc1ccc(C(F)(F)F)cc1-c1nnc2ccc(Br)cn12. The molecule has 0 saturated heterocycles. The Morgan fingerprint density at radius 2 is 1.86 bits per heavy atom. The third-order valence-corrected chi connectivity index (χ3v) is 3.46. The van der Waals surface area contributed by atoms with Gasteiger partial charge in [0.15, 0.2) is 11.5 Å². The van der Waals surface area contributed by atoms with E-state index in [0.29, 0.717) is 5.65 Å². The molecule has 3 rings (SSSR count). The molecule has 0 aliphatic rings. The van der Waals surface area contributed by atoms with Crippen LogP contribution in [0.1, 0.15) is 5.56 Å². The molecule has 21 heavy (non-hydrogen) atoms. The first-order valence-electron chi connectivity index (χ1n) is 5.83. The number of benzene rings is 1. The Morgan fingerprint density at radius 1 is 1.10 bits per heavy atom. The topological polar surface area (TPSA) is 56.2 Å². The number of rotatable bonds is 1. The minimum atomic E-state index is -4.44. The van der Waals surface area contributed by atoms with Gasteiger partial charge in [-0.1, -0.05) is 0 Å². The van der Waals surface area contributed by atoms with Gasteiger partial charge in [-0.3, -0.25) is 4.40 Å². The molecule has 0 aliphatic heterocycles. The Morgan fingerprint density at radius 3 is 2.57 bits per heavy atom. The second kappa shape index (κ2) is 4.73. The molecule has 1 aromatic carbocycles. The van der Waals surface area contributed by atoms with E-state index in [1.165, 1.54) is 6.07 Å². The highest BCUT2D eigenvalue weighted by Gasteiger charge is 2.31.